The molecule has 3 nitrogen and oxygen atoms in total. The maximum atomic E-state index is 10.7. The van der Waals surface area contributed by atoms with Crippen LogP contribution < -0.4 is 0 Å². The number of hydrogen-bond donors (Lipinski definition) is 1. The molecule has 1 heterocycles. The molecule has 0 aliphatic carbocycles. The lowest BCUT2D eigenvalue weighted by Crippen LogP contribution is -2.32. The molecule has 64 valence electrons. The van der Waals surface area contributed by atoms with Crippen molar-refractivity contribution in [2.45, 2.75) is 31.5 Å². The number of esters is 1. The van der Waals surface area contributed by atoms with Gasteiger partial charge in [0.25, 0.3) is 0 Å². The van der Waals surface area contributed by atoms with E-state index in [2.05, 4.69) is 0 Å². The Morgan fingerprint density at radius 3 is 3.00 bits per heavy atom. The zero-order chi connectivity index (χ0) is 8.27. The van der Waals surface area contributed by atoms with Crippen molar-refractivity contribution < 1.29 is 14.6 Å². The van der Waals surface area contributed by atoms with Crippen LogP contribution in [0.2, 0.25) is 0 Å². The number of halogens is 1. The highest BCUT2D eigenvalue weighted by Crippen LogP contribution is 2.17. The lowest BCUT2D eigenvalue weighted by Gasteiger charge is -2.25. The van der Waals surface area contributed by atoms with Crippen LogP contribution in [-0.4, -0.2) is 29.2 Å². The summed E-state index contributed by atoms with van der Waals surface area (Å²) >= 11 is 5.46. The van der Waals surface area contributed by atoms with Gasteiger partial charge in [-0.1, -0.05) is 0 Å². The molecule has 0 aromatic carbocycles. The molecule has 2 atom stereocenters. The molecule has 0 amide bonds. The molecule has 0 radical (unpaired) electrons. The summed E-state index contributed by atoms with van der Waals surface area (Å²) < 4.78 is 4.91. The standard InChI is InChI=1S/C7H11ClO3/c8-2-1-6-3-5(9)4-7(10)11-6/h5-6,9H,1-4H2/t5-,6-/m1/s1. The van der Waals surface area contributed by atoms with Crippen LogP contribution in [0, 0.1) is 0 Å². The molecule has 0 aromatic heterocycles. The van der Waals surface area contributed by atoms with Gasteiger partial charge in [-0.15, -0.1) is 11.6 Å². The number of carbonyl (C=O) groups is 1. The number of hydrogen-bond acceptors (Lipinski definition) is 3. The molecule has 0 aromatic rings. The second kappa shape index (κ2) is 3.93. The second-order valence-electron chi connectivity index (χ2n) is 2.68. The Morgan fingerprint density at radius 2 is 2.45 bits per heavy atom. The van der Waals surface area contributed by atoms with E-state index >= 15 is 0 Å². The van der Waals surface area contributed by atoms with E-state index in [0.29, 0.717) is 18.7 Å². The van der Waals surface area contributed by atoms with E-state index in [0.717, 1.165) is 0 Å². The molecule has 0 unspecified atom stereocenters. The molecule has 1 saturated heterocycles. The Balaban J connectivity index is 2.36. The number of carbonyl (C=O) groups excluding carboxylic acids is 1. The molecule has 1 N–H and O–H groups in total. The van der Waals surface area contributed by atoms with Crippen molar-refractivity contribution in [3.8, 4) is 0 Å². The molecular formula is C7H11ClO3. The fraction of sp³-hybridized carbons (Fsp3) is 0.857. The highest BCUT2D eigenvalue weighted by atomic mass is 35.5. The fourth-order valence-electron chi connectivity index (χ4n) is 1.16. The summed E-state index contributed by atoms with van der Waals surface area (Å²) in [5.74, 6) is 0.142. The molecule has 1 aliphatic rings. The van der Waals surface area contributed by atoms with Crippen molar-refractivity contribution in [2.24, 2.45) is 0 Å². The maximum Gasteiger partial charge on any atom is 0.308 e. The van der Waals surface area contributed by atoms with Gasteiger partial charge in [0.05, 0.1) is 12.5 Å². The molecule has 1 rings (SSSR count). The Labute approximate surface area is 70.3 Å². The molecule has 11 heavy (non-hydrogen) atoms. The van der Waals surface area contributed by atoms with Crippen LogP contribution in [0.4, 0.5) is 0 Å². The van der Waals surface area contributed by atoms with Crippen LogP contribution in [0.15, 0.2) is 0 Å². The second-order valence-corrected chi connectivity index (χ2v) is 3.06. The van der Waals surface area contributed by atoms with Gasteiger partial charge >= 0.3 is 5.97 Å². The van der Waals surface area contributed by atoms with Crippen LogP contribution in [0.5, 0.6) is 0 Å². The zero-order valence-corrected chi connectivity index (χ0v) is 6.88. The summed E-state index contributed by atoms with van der Waals surface area (Å²) in [6.07, 6.45) is 0.565. The number of cyclic esters (lactones) is 1. The third-order valence-corrected chi connectivity index (χ3v) is 1.88. The molecule has 4 heteroatoms. The van der Waals surface area contributed by atoms with Gasteiger partial charge in [-0.3, -0.25) is 4.79 Å². The average Bonchev–Trinajstić information content (AvgIpc) is 1.85. The number of aliphatic hydroxyl groups is 1. The van der Waals surface area contributed by atoms with Gasteiger partial charge in [0, 0.05) is 12.3 Å². The van der Waals surface area contributed by atoms with Gasteiger partial charge in [0.2, 0.25) is 0 Å². The largest absolute Gasteiger partial charge is 0.462 e. The van der Waals surface area contributed by atoms with Gasteiger partial charge < -0.3 is 9.84 Å². The Bertz CT molecular complexity index is 149. The molecule has 0 spiro atoms. The predicted octanol–water partition coefficient (Wildman–Crippen LogP) is 0.682. The zero-order valence-electron chi connectivity index (χ0n) is 6.12. The van der Waals surface area contributed by atoms with Crippen molar-refractivity contribution in [3.63, 3.8) is 0 Å². The number of aliphatic hydroxyl groups excluding tert-OH is 1. The first-order valence-corrected chi connectivity index (χ1v) is 4.19. The number of rotatable bonds is 2. The van der Waals surface area contributed by atoms with Crippen molar-refractivity contribution >= 4 is 17.6 Å². The molecule has 1 fully saturated rings. The first-order valence-electron chi connectivity index (χ1n) is 3.66. The van der Waals surface area contributed by atoms with E-state index in [1.807, 2.05) is 0 Å². The lowest BCUT2D eigenvalue weighted by molar-refractivity contribution is -0.159. The Kier molecular flexibility index (Phi) is 3.15. The van der Waals surface area contributed by atoms with E-state index in [1.165, 1.54) is 0 Å². The minimum absolute atomic E-state index is 0.124. The summed E-state index contributed by atoms with van der Waals surface area (Å²) in [4.78, 5) is 10.7. The molecular weight excluding hydrogens is 168 g/mol. The van der Waals surface area contributed by atoms with Crippen molar-refractivity contribution in [1.29, 1.82) is 0 Å². The maximum absolute atomic E-state index is 10.7. The summed E-state index contributed by atoms with van der Waals surface area (Å²) in [6.45, 7) is 0. The van der Waals surface area contributed by atoms with Gasteiger partial charge in [0.1, 0.15) is 6.10 Å². The van der Waals surface area contributed by atoms with E-state index in [9.17, 15) is 4.79 Å². The lowest BCUT2D eigenvalue weighted by atomic mass is 10.0. The molecule has 0 bridgehead atoms. The first kappa shape index (κ1) is 8.81. The summed E-state index contributed by atoms with van der Waals surface area (Å²) in [5.41, 5.74) is 0. The summed E-state index contributed by atoms with van der Waals surface area (Å²) in [7, 11) is 0. The Hall–Kier alpha value is -0.280. The van der Waals surface area contributed by atoms with Gasteiger partial charge in [-0.05, 0) is 6.42 Å². The van der Waals surface area contributed by atoms with Gasteiger partial charge in [0.15, 0.2) is 0 Å². The van der Waals surface area contributed by atoms with E-state index in [-0.39, 0.29) is 18.5 Å². The normalized spacial score (nSPS) is 31.6. The van der Waals surface area contributed by atoms with Crippen LogP contribution >= 0.6 is 11.6 Å². The van der Waals surface area contributed by atoms with Crippen molar-refractivity contribution in [1.82, 2.24) is 0 Å². The summed E-state index contributed by atoms with van der Waals surface area (Å²) in [6, 6.07) is 0. The predicted molar refractivity (Wildman–Crippen MR) is 40.5 cm³/mol. The van der Waals surface area contributed by atoms with E-state index in [1.54, 1.807) is 0 Å². The van der Waals surface area contributed by atoms with Crippen molar-refractivity contribution in [3.05, 3.63) is 0 Å². The highest BCUT2D eigenvalue weighted by molar-refractivity contribution is 6.17. The smallest absolute Gasteiger partial charge is 0.308 e. The SMILES string of the molecule is O=C1C[C@H](O)C[C@@H](CCCl)O1. The molecule has 1 aliphatic heterocycles. The average molecular weight is 179 g/mol. The minimum atomic E-state index is -0.538. The topological polar surface area (TPSA) is 46.5 Å². The quantitative estimate of drug-likeness (QED) is 0.500. The summed E-state index contributed by atoms with van der Waals surface area (Å²) in [5, 5.41) is 9.13. The monoisotopic (exact) mass is 178 g/mol. The minimum Gasteiger partial charge on any atom is -0.462 e. The van der Waals surface area contributed by atoms with Crippen molar-refractivity contribution in [2.75, 3.05) is 5.88 Å². The van der Waals surface area contributed by atoms with Crippen LogP contribution in [0.25, 0.3) is 0 Å². The number of ether oxygens (including phenoxy) is 1. The van der Waals surface area contributed by atoms with Gasteiger partial charge in [-0.25, -0.2) is 0 Å². The third kappa shape index (κ3) is 2.67. The van der Waals surface area contributed by atoms with Crippen LogP contribution in [0.1, 0.15) is 19.3 Å². The van der Waals surface area contributed by atoms with Crippen LogP contribution in [0.3, 0.4) is 0 Å². The Morgan fingerprint density at radius 1 is 1.73 bits per heavy atom. The van der Waals surface area contributed by atoms with E-state index in [4.69, 9.17) is 21.4 Å². The first-order chi connectivity index (χ1) is 5.22. The number of alkyl halides is 1. The fourth-order valence-corrected chi connectivity index (χ4v) is 1.40. The van der Waals surface area contributed by atoms with E-state index < -0.39 is 6.10 Å². The highest BCUT2D eigenvalue weighted by Gasteiger charge is 2.26. The van der Waals surface area contributed by atoms with Gasteiger partial charge in [-0.2, -0.15) is 0 Å². The van der Waals surface area contributed by atoms with Crippen LogP contribution in [-0.2, 0) is 9.53 Å². The third-order valence-electron chi connectivity index (χ3n) is 1.67. The molecule has 0 saturated carbocycles.